The Hall–Kier alpha value is -1.86. The van der Waals surface area contributed by atoms with Gasteiger partial charge in [-0.1, -0.05) is 85.2 Å². The van der Waals surface area contributed by atoms with Crippen LogP contribution in [0.15, 0.2) is 59.1 Å². The van der Waals surface area contributed by atoms with Gasteiger partial charge in [0.2, 0.25) is 0 Å². The van der Waals surface area contributed by atoms with E-state index in [9.17, 15) is 0 Å². The second kappa shape index (κ2) is 5.32. The van der Waals surface area contributed by atoms with Crippen LogP contribution in [0.2, 0.25) is 0 Å². The zero-order chi connectivity index (χ0) is 17.1. The van der Waals surface area contributed by atoms with Crippen molar-refractivity contribution in [3.05, 3.63) is 70.2 Å². The summed E-state index contributed by atoms with van der Waals surface area (Å²) in [5.41, 5.74) is 2.88. The summed E-state index contributed by atoms with van der Waals surface area (Å²) in [5.74, 6) is 0. The number of halogens is 1. The number of hydrogen-bond donors (Lipinski definition) is 0. The molecule has 4 rings (SSSR count). The van der Waals surface area contributed by atoms with E-state index in [-0.39, 0.29) is 5.41 Å². The minimum Gasteiger partial charge on any atom is -0.0616 e. The van der Waals surface area contributed by atoms with E-state index in [0.717, 1.165) is 0 Å². The maximum absolute atomic E-state index is 3.83. The van der Waals surface area contributed by atoms with Gasteiger partial charge in [-0.2, -0.15) is 0 Å². The normalized spacial score (nSPS) is 12.4. The van der Waals surface area contributed by atoms with Crippen LogP contribution in [0.25, 0.3) is 32.3 Å². The first-order valence-electron chi connectivity index (χ1n) is 8.41. The van der Waals surface area contributed by atoms with Crippen molar-refractivity contribution >= 4 is 48.2 Å². The largest absolute Gasteiger partial charge is 0.0616 e. The summed E-state index contributed by atoms with van der Waals surface area (Å²) in [6.45, 7) is 9.03. The molecule has 0 nitrogen and oxygen atoms in total. The zero-order valence-corrected chi connectivity index (χ0v) is 16.2. The molecular weight excluding hydrogens is 356 g/mol. The molecule has 1 heteroatoms. The van der Waals surface area contributed by atoms with Gasteiger partial charge in [0.15, 0.2) is 0 Å². The van der Waals surface area contributed by atoms with Gasteiger partial charge in [0.05, 0.1) is 0 Å². The summed E-state index contributed by atoms with van der Waals surface area (Å²) in [6.07, 6.45) is 0. The average Bonchev–Trinajstić information content (AvgIpc) is 2.53. The molecule has 120 valence electrons. The Morgan fingerprint density at radius 1 is 0.750 bits per heavy atom. The molecule has 0 aromatic heterocycles. The molecule has 0 aliphatic rings. The highest BCUT2D eigenvalue weighted by atomic mass is 79.9. The number of benzene rings is 4. The summed E-state index contributed by atoms with van der Waals surface area (Å²) in [4.78, 5) is 0. The molecule has 0 aliphatic carbocycles. The third-order valence-corrected chi connectivity index (χ3v) is 5.58. The van der Waals surface area contributed by atoms with Gasteiger partial charge in [0.25, 0.3) is 0 Å². The Kier molecular flexibility index (Phi) is 3.47. The van der Waals surface area contributed by atoms with Gasteiger partial charge in [0.1, 0.15) is 0 Å². The maximum Gasteiger partial charge on any atom is 0.0266 e. The lowest BCUT2D eigenvalue weighted by Gasteiger charge is -2.20. The minimum absolute atomic E-state index is 0.164. The first-order valence-corrected chi connectivity index (χ1v) is 9.20. The fourth-order valence-corrected chi connectivity index (χ4v) is 4.33. The molecule has 0 fully saturated rings. The molecule has 24 heavy (non-hydrogen) atoms. The van der Waals surface area contributed by atoms with E-state index in [2.05, 4.69) is 98.2 Å². The Labute approximate surface area is 151 Å². The highest BCUT2D eigenvalue weighted by Crippen LogP contribution is 2.39. The average molecular weight is 377 g/mol. The van der Waals surface area contributed by atoms with Gasteiger partial charge >= 0.3 is 0 Å². The molecule has 0 aliphatic heterocycles. The number of hydrogen-bond acceptors (Lipinski definition) is 0. The van der Waals surface area contributed by atoms with Crippen molar-refractivity contribution in [3.63, 3.8) is 0 Å². The molecule has 0 atom stereocenters. The van der Waals surface area contributed by atoms with Gasteiger partial charge in [0, 0.05) is 9.86 Å². The lowest BCUT2D eigenvalue weighted by atomic mass is 9.84. The van der Waals surface area contributed by atoms with Gasteiger partial charge in [-0.25, -0.2) is 0 Å². The van der Waals surface area contributed by atoms with E-state index < -0.39 is 0 Å². The molecule has 0 spiro atoms. The Morgan fingerprint density at radius 2 is 1.46 bits per heavy atom. The lowest BCUT2D eigenvalue weighted by Crippen LogP contribution is -2.10. The van der Waals surface area contributed by atoms with E-state index in [0.29, 0.717) is 0 Å². The quantitative estimate of drug-likeness (QED) is 0.278. The molecule has 0 heterocycles. The van der Waals surface area contributed by atoms with E-state index in [4.69, 9.17) is 0 Å². The SMILES string of the molecule is Cc1cc2cc(C(C)(C)C)ccc2c2c(Br)cc3ccccc3c12. The number of rotatable bonds is 0. The Bertz CT molecular complexity index is 1100. The maximum atomic E-state index is 3.83. The van der Waals surface area contributed by atoms with Crippen LogP contribution in [0, 0.1) is 6.92 Å². The predicted molar refractivity (Wildman–Crippen MR) is 110 cm³/mol. The van der Waals surface area contributed by atoms with Crippen LogP contribution in [0.3, 0.4) is 0 Å². The minimum atomic E-state index is 0.164. The monoisotopic (exact) mass is 376 g/mol. The van der Waals surface area contributed by atoms with Crippen molar-refractivity contribution in [2.75, 3.05) is 0 Å². The molecule has 0 saturated heterocycles. The highest BCUT2D eigenvalue weighted by Gasteiger charge is 2.16. The predicted octanol–water partition coefficient (Wildman–Crippen LogP) is 7.51. The van der Waals surface area contributed by atoms with Crippen molar-refractivity contribution in [2.24, 2.45) is 0 Å². The van der Waals surface area contributed by atoms with Crippen molar-refractivity contribution in [3.8, 4) is 0 Å². The summed E-state index contributed by atoms with van der Waals surface area (Å²) in [5, 5.41) is 7.94. The van der Waals surface area contributed by atoms with E-state index in [1.807, 2.05) is 0 Å². The standard InChI is InChI=1S/C23H21Br/c1-14-11-16-12-17(23(2,3)4)9-10-19(16)22-20(24)13-15-7-5-6-8-18(15)21(14)22/h5-13H,1-4H3. The first kappa shape index (κ1) is 15.7. The van der Waals surface area contributed by atoms with Crippen LogP contribution in [-0.4, -0.2) is 0 Å². The van der Waals surface area contributed by atoms with Crippen LogP contribution in [-0.2, 0) is 5.41 Å². The second-order valence-corrected chi connectivity index (χ2v) is 8.56. The molecule has 0 unspecified atom stereocenters. The number of aryl methyl sites for hydroxylation is 1. The molecular formula is C23H21Br. The van der Waals surface area contributed by atoms with Crippen molar-refractivity contribution < 1.29 is 0 Å². The van der Waals surface area contributed by atoms with Gasteiger partial charge in [-0.15, -0.1) is 0 Å². The highest BCUT2D eigenvalue weighted by molar-refractivity contribution is 9.10. The topological polar surface area (TPSA) is 0 Å². The zero-order valence-electron chi connectivity index (χ0n) is 14.6. The fourth-order valence-electron chi connectivity index (χ4n) is 3.67. The van der Waals surface area contributed by atoms with Crippen LogP contribution in [0.4, 0.5) is 0 Å². The molecule has 4 aromatic rings. The summed E-state index contributed by atoms with van der Waals surface area (Å²) in [6, 6.07) is 20.1. The van der Waals surface area contributed by atoms with Crippen LogP contribution >= 0.6 is 15.9 Å². The third kappa shape index (κ3) is 2.34. The van der Waals surface area contributed by atoms with Crippen LogP contribution in [0.5, 0.6) is 0 Å². The molecule has 0 saturated carbocycles. The van der Waals surface area contributed by atoms with Gasteiger partial charge in [-0.3, -0.25) is 0 Å². The third-order valence-electron chi connectivity index (χ3n) is 4.95. The second-order valence-electron chi connectivity index (χ2n) is 7.71. The van der Waals surface area contributed by atoms with Crippen molar-refractivity contribution in [1.29, 1.82) is 0 Å². The molecule has 0 bridgehead atoms. The molecule has 0 radical (unpaired) electrons. The fraction of sp³-hybridized carbons (Fsp3) is 0.217. The van der Waals surface area contributed by atoms with Crippen molar-refractivity contribution in [1.82, 2.24) is 0 Å². The van der Waals surface area contributed by atoms with E-state index >= 15 is 0 Å². The molecule has 4 aromatic carbocycles. The van der Waals surface area contributed by atoms with E-state index in [1.54, 1.807) is 0 Å². The van der Waals surface area contributed by atoms with Gasteiger partial charge in [-0.05, 0) is 56.5 Å². The van der Waals surface area contributed by atoms with Crippen molar-refractivity contribution in [2.45, 2.75) is 33.1 Å². The first-order chi connectivity index (χ1) is 11.4. The summed E-state index contributed by atoms with van der Waals surface area (Å²) >= 11 is 3.83. The number of fused-ring (bicyclic) bond motifs is 5. The Balaban J connectivity index is 2.21. The summed E-state index contributed by atoms with van der Waals surface area (Å²) in [7, 11) is 0. The van der Waals surface area contributed by atoms with Crippen LogP contribution in [0.1, 0.15) is 31.9 Å². The van der Waals surface area contributed by atoms with Crippen LogP contribution < -0.4 is 0 Å². The molecule has 0 N–H and O–H groups in total. The lowest BCUT2D eigenvalue weighted by molar-refractivity contribution is 0.591. The van der Waals surface area contributed by atoms with E-state index in [1.165, 1.54) is 47.9 Å². The summed E-state index contributed by atoms with van der Waals surface area (Å²) < 4.78 is 1.17. The molecule has 0 amide bonds. The Morgan fingerprint density at radius 3 is 2.21 bits per heavy atom. The van der Waals surface area contributed by atoms with Gasteiger partial charge < -0.3 is 0 Å². The smallest absolute Gasteiger partial charge is 0.0266 e.